The third kappa shape index (κ3) is 5.24. The maximum absolute atomic E-state index is 12.2. The van der Waals surface area contributed by atoms with Crippen LogP contribution in [0.2, 0.25) is 0 Å². The molecule has 0 radical (unpaired) electrons. The highest BCUT2D eigenvalue weighted by molar-refractivity contribution is 7.90. The number of sulfonamides is 1. The van der Waals surface area contributed by atoms with Gasteiger partial charge in [0.25, 0.3) is 15.9 Å². The van der Waals surface area contributed by atoms with Crippen LogP contribution in [0.25, 0.3) is 0 Å². The van der Waals surface area contributed by atoms with E-state index in [1.54, 1.807) is 26.8 Å². The zero-order valence-corrected chi connectivity index (χ0v) is 14.7. The molecule has 8 heteroatoms. The van der Waals surface area contributed by atoms with Gasteiger partial charge < -0.3 is 10.1 Å². The highest BCUT2D eigenvalue weighted by Crippen LogP contribution is 2.17. The van der Waals surface area contributed by atoms with Crippen LogP contribution in [0.15, 0.2) is 29.2 Å². The molecule has 0 aliphatic heterocycles. The lowest BCUT2D eigenvalue weighted by molar-refractivity contribution is -0.132. The predicted octanol–water partition coefficient (Wildman–Crippen LogP) is 1.05. The number of ether oxygens (including phenoxy) is 1. The molecule has 0 heterocycles. The topological polar surface area (TPSA) is 102 Å². The Morgan fingerprint density at radius 3 is 2.35 bits per heavy atom. The summed E-state index contributed by atoms with van der Waals surface area (Å²) in [6.07, 6.45) is 0. The van der Waals surface area contributed by atoms with Crippen molar-refractivity contribution in [1.29, 1.82) is 0 Å². The van der Waals surface area contributed by atoms with E-state index in [-0.39, 0.29) is 10.8 Å². The Morgan fingerprint density at radius 2 is 1.83 bits per heavy atom. The van der Waals surface area contributed by atoms with Gasteiger partial charge in [-0.15, -0.1) is 0 Å². The maximum Gasteiger partial charge on any atom is 0.264 e. The number of methoxy groups -OCH3 is 1. The van der Waals surface area contributed by atoms with Crippen LogP contribution >= 0.6 is 0 Å². The van der Waals surface area contributed by atoms with Crippen LogP contribution in [-0.4, -0.2) is 33.4 Å². The largest absolute Gasteiger partial charge is 0.497 e. The van der Waals surface area contributed by atoms with Gasteiger partial charge in [-0.2, -0.15) is 0 Å². The summed E-state index contributed by atoms with van der Waals surface area (Å²) < 4.78 is 31.3. The Labute approximate surface area is 136 Å². The third-order valence-corrected chi connectivity index (χ3v) is 4.35. The number of hydrogen-bond donors (Lipinski definition) is 2. The zero-order chi connectivity index (χ0) is 17.8. The van der Waals surface area contributed by atoms with Gasteiger partial charge in [-0.1, -0.05) is 26.8 Å². The van der Waals surface area contributed by atoms with Gasteiger partial charge in [0.05, 0.1) is 12.0 Å². The highest BCUT2D eigenvalue weighted by atomic mass is 32.2. The molecular weight excluding hydrogens is 320 g/mol. The van der Waals surface area contributed by atoms with Gasteiger partial charge in [-0.25, -0.2) is 13.1 Å². The van der Waals surface area contributed by atoms with Gasteiger partial charge in [0.2, 0.25) is 5.91 Å². The van der Waals surface area contributed by atoms with Gasteiger partial charge in [0.15, 0.2) is 0 Å². The van der Waals surface area contributed by atoms with Crippen molar-refractivity contribution in [2.24, 2.45) is 5.41 Å². The molecule has 128 valence electrons. The predicted molar refractivity (Wildman–Crippen MR) is 85.4 cm³/mol. The lowest BCUT2D eigenvalue weighted by atomic mass is 9.95. The summed E-state index contributed by atoms with van der Waals surface area (Å²) in [5.41, 5.74) is -0.680. The maximum atomic E-state index is 12.2. The Bertz CT molecular complexity index is 692. The molecule has 1 atom stereocenters. The first kappa shape index (κ1) is 19.0. The van der Waals surface area contributed by atoms with E-state index in [2.05, 4.69) is 5.32 Å². The molecule has 0 aliphatic rings. The van der Waals surface area contributed by atoms with Crippen LogP contribution in [0, 0.1) is 5.41 Å². The number of carbonyl (C=O) groups excluding carboxylic acids is 2. The summed E-state index contributed by atoms with van der Waals surface area (Å²) in [5, 5.41) is 2.48. The number of hydrogen-bond acceptors (Lipinski definition) is 5. The van der Waals surface area contributed by atoms with Gasteiger partial charge in [0, 0.05) is 11.5 Å². The second kappa shape index (κ2) is 6.99. The van der Waals surface area contributed by atoms with Crippen molar-refractivity contribution < 1.29 is 22.7 Å². The fourth-order valence-electron chi connectivity index (χ4n) is 1.53. The number of nitrogens with one attached hydrogen (secondary N) is 2. The summed E-state index contributed by atoms with van der Waals surface area (Å²) in [7, 11) is -2.63. The Balaban J connectivity index is 2.84. The van der Waals surface area contributed by atoms with Crippen LogP contribution in [0.4, 0.5) is 0 Å². The van der Waals surface area contributed by atoms with E-state index >= 15 is 0 Å². The molecule has 0 aliphatic carbocycles. The first-order valence-corrected chi connectivity index (χ1v) is 8.47. The molecule has 7 nitrogen and oxygen atoms in total. The van der Waals surface area contributed by atoms with Crippen molar-refractivity contribution in [3.05, 3.63) is 24.3 Å². The normalized spacial score (nSPS) is 13.1. The molecule has 0 bridgehead atoms. The van der Waals surface area contributed by atoms with E-state index in [9.17, 15) is 18.0 Å². The first-order valence-electron chi connectivity index (χ1n) is 6.99. The molecule has 1 rings (SSSR count). The monoisotopic (exact) mass is 342 g/mol. The molecular formula is C15H22N2O5S. The smallest absolute Gasteiger partial charge is 0.264 e. The quantitative estimate of drug-likeness (QED) is 0.833. The summed E-state index contributed by atoms with van der Waals surface area (Å²) in [6.45, 7) is 6.50. The fraction of sp³-hybridized carbons (Fsp3) is 0.467. The number of benzene rings is 1. The Hall–Kier alpha value is -2.09. The summed E-state index contributed by atoms with van der Waals surface area (Å²) >= 11 is 0. The van der Waals surface area contributed by atoms with Crippen LogP contribution in [0.1, 0.15) is 27.7 Å². The minimum atomic E-state index is -4.04. The van der Waals surface area contributed by atoms with Crippen molar-refractivity contribution in [1.82, 2.24) is 10.0 Å². The molecule has 1 aromatic rings. The van der Waals surface area contributed by atoms with E-state index in [0.29, 0.717) is 5.75 Å². The van der Waals surface area contributed by atoms with Crippen LogP contribution in [0.3, 0.4) is 0 Å². The highest BCUT2D eigenvalue weighted by Gasteiger charge is 2.27. The Morgan fingerprint density at radius 1 is 1.22 bits per heavy atom. The Kier molecular flexibility index (Phi) is 5.76. The molecule has 0 unspecified atom stereocenters. The molecule has 2 N–H and O–H groups in total. The van der Waals surface area contributed by atoms with E-state index in [0.717, 1.165) is 0 Å². The van der Waals surface area contributed by atoms with Crippen molar-refractivity contribution in [2.45, 2.75) is 38.6 Å². The van der Waals surface area contributed by atoms with Crippen molar-refractivity contribution in [3.63, 3.8) is 0 Å². The van der Waals surface area contributed by atoms with Gasteiger partial charge in [-0.3, -0.25) is 9.59 Å². The van der Waals surface area contributed by atoms with Crippen LogP contribution in [0.5, 0.6) is 5.75 Å². The summed E-state index contributed by atoms with van der Waals surface area (Å²) in [4.78, 5) is 23.8. The van der Waals surface area contributed by atoms with Gasteiger partial charge >= 0.3 is 0 Å². The number of amides is 2. The number of carbonyl (C=O) groups is 2. The minimum absolute atomic E-state index is 0.0976. The molecule has 23 heavy (non-hydrogen) atoms. The van der Waals surface area contributed by atoms with Crippen LogP contribution in [-0.2, 0) is 19.6 Å². The molecule has 2 amide bonds. The minimum Gasteiger partial charge on any atom is -0.497 e. The molecule has 0 aromatic heterocycles. The van der Waals surface area contributed by atoms with E-state index in [1.807, 2.05) is 4.72 Å². The molecule has 0 spiro atoms. The molecule has 0 fully saturated rings. The van der Waals surface area contributed by atoms with E-state index in [4.69, 9.17) is 4.74 Å². The van der Waals surface area contributed by atoms with Crippen molar-refractivity contribution in [3.8, 4) is 5.75 Å². The first-order chi connectivity index (χ1) is 10.5. The van der Waals surface area contributed by atoms with Gasteiger partial charge in [-0.05, 0) is 19.1 Å². The second-order valence-electron chi connectivity index (χ2n) is 6.09. The number of rotatable bonds is 5. The average molecular weight is 342 g/mol. The van der Waals surface area contributed by atoms with E-state index in [1.165, 1.54) is 32.2 Å². The zero-order valence-electron chi connectivity index (χ0n) is 13.8. The summed E-state index contributed by atoms with van der Waals surface area (Å²) in [6, 6.07) is 4.75. The SMILES string of the molecule is COc1cccc(S(=O)(=O)NC(=O)[C@@H](C)NC(=O)C(C)(C)C)c1. The fourth-order valence-corrected chi connectivity index (χ4v) is 2.62. The second-order valence-corrected chi connectivity index (χ2v) is 7.78. The molecule has 0 saturated heterocycles. The van der Waals surface area contributed by atoms with Crippen molar-refractivity contribution in [2.75, 3.05) is 7.11 Å². The van der Waals surface area contributed by atoms with Crippen molar-refractivity contribution >= 4 is 21.8 Å². The van der Waals surface area contributed by atoms with E-state index < -0.39 is 27.4 Å². The molecule has 1 aromatic carbocycles. The lowest BCUT2D eigenvalue weighted by Gasteiger charge is -2.21. The summed E-state index contributed by atoms with van der Waals surface area (Å²) in [5.74, 6) is -0.807. The van der Waals surface area contributed by atoms with Gasteiger partial charge in [0.1, 0.15) is 11.8 Å². The average Bonchev–Trinajstić information content (AvgIpc) is 2.45. The standard InChI is InChI=1S/C15H22N2O5S/c1-10(16-14(19)15(2,3)4)13(18)17-23(20,21)12-8-6-7-11(9-12)22-5/h6-10H,1-5H3,(H,16,19)(H,17,18)/t10-/m1/s1. The molecule has 0 saturated carbocycles. The third-order valence-electron chi connectivity index (χ3n) is 3.01. The lowest BCUT2D eigenvalue weighted by Crippen LogP contribution is -2.49. The van der Waals surface area contributed by atoms with Crippen LogP contribution < -0.4 is 14.8 Å².